The Labute approximate surface area is 135 Å². The lowest BCUT2D eigenvalue weighted by molar-refractivity contribution is -0.137. The van der Waals surface area contributed by atoms with Crippen LogP contribution in [0.25, 0.3) is 0 Å². The first kappa shape index (κ1) is 16.8. The van der Waals surface area contributed by atoms with Gasteiger partial charge in [-0.15, -0.1) is 0 Å². The van der Waals surface area contributed by atoms with Crippen molar-refractivity contribution in [3.05, 3.63) is 29.3 Å². The zero-order valence-electron chi connectivity index (χ0n) is 12.3. The summed E-state index contributed by atoms with van der Waals surface area (Å²) in [6.07, 6.45) is 4.79. The summed E-state index contributed by atoms with van der Waals surface area (Å²) in [4.78, 5) is 24.0. The number of aliphatic hydroxyl groups excluding tert-OH is 1. The molecule has 3 N–H and O–H groups in total. The van der Waals surface area contributed by atoms with Crippen LogP contribution in [0.1, 0.15) is 32.1 Å². The predicted octanol–water partition coefficient (Wildman–Crippen LogP) is 2.34. The first-order chi connectivity index (χ1) is 10.6. The number of aliphatic hydroxyl groups is 1. The second-order valence-electron chi connectivity index (χ2n) is 5.59. The molecule has 2 rings (SSSR count). The van der Waals surface area contributed by atoms with Crippen LogP contribution in [0, 0.1) is 5.92 Å². The lowest BCUT2D eigenvalue weighted by atomic mass is 9.95. The molecular weight excluding hydrogens is 304 g/mol. The molecule has 0 aromatic heterocycles. The van der Waals surface area contributed by atoms with Crippen molar-refractivity contribution in [1.29, 1.82) is 0 Å². The highest BCUT2D eigenvalue weighted by Crippen LogP contribution is 2.23. The fourth-order valence-corrected chi connectivity index (χ4v) is 2.95. The number of carbonyl (C=O) groups excluding carboxylic acids is 2. The predicted molar refractivity (Wildman–Crippen MR) is 85.7 cm³/mol. The van der Waals surface area contributed by atoms with Gasteiger partial charge in [-0.1, -0.05) is 43.0 Å². The number of para-hydroxylation sites is 1. The van der Waals surface area contributed by atoms with Gasteiger partial charge < -0.3 is 15.7 Å². The second-order valence-corrected chi connectivity index (χ2v) is 6.00. The Bertz CT molecular complexity index is 536. The molecule has 1 fully saturated rings. The molecule has 1 aliphatic carbocycles. The third kappa shape index (κ3) is 4.45. The molecule has 2 amide bonds. The Balaban J connectivity index is 1.95. The molecule has 1 aromatic rings. The molecule has 22 heavy (non-hydrogen) atoms. The third-order valence-corrected chi connectivity index (χ3v) is 4.37. The monoisotopic (exact) mass is 324 g/mol. The molecule has 1 aliphatic rings. The zero-order chi connectivity index (χ0) is 15.9. The van der Waals surface area contributed by atoms with Gasteiger partial charge in [0.2, 0.25) is 0 Å². The molecule has 6 heteroatoms. The lowest BCUT2D eigenvalue weighted by Gasteiger charge is -2.24. The maximum absolute atomic E-state index is 12.1. The normalized spacial score (nSPS) is 21.7. The van der Waals surface area contributed by atoms with Crippen LogP contribution >= 0.6 is 11.6 Å². The van der Waals surface area contributed by atoms with Gasteiger partial charge in [0.05, 0.1) is 10.7 Å². The summed E-state index contributed by atoms with van der Waals surface area (Å²) in [5.74, 6) is -1.42. The molecule has 5 nitrogen and oxygen atoms in total. The average molecular weight is 325 g/mol. The van der Waals surface area contributed by atoms with Crippen LogP contribution in [0.4, 0.5) is 5.69 Å². The van der Waals surface area contributed by atoms with E-state index in [1.807, 2.05) is 0 Å². The van der Waals surface area contributed by atoms with Crippen molar-refractivity contribution in [1.82, 2.24) is 5.32 Å². The minimum absolute atomic E-state index is 0.0135. The topological polar surface area (TPSA) is 78.4 Å². The van der Waals surface area contributed by atoms with Crippen LogP contribution in [-0.2, 0) is 9.59 Å². The maximum atomic E-state index is 12.1. The highest BCUT2D eigenvalue weighted by atomic mass is 35.5. The van der Waals surface area contributed by atoms with Crippen LogP contribution < -0.4 is 10.6 Å². The summed E-state index contributed by atoms with van der Waals surface area (Å²) >= 11 is 5.95. The van der Waals surface area contributed by atoms with Gasteiger partial charge in [0.15, 0.2) is 0 Å². The van der Waals surface area contributed by atoms with E-state index in [2.05, 4.69) is 10.6 Å². The summed E-state index contributed by atoms with van der Waals surface area (Å²) in [6.45, 7) is 0.0249. The molecule has 120 valence electrons. The van der Waals surface area contributed by atoms with E-state index in [0.29, 0.717) is 10.7 Å². The smallest absolute Gasteiger partial charge is 0.313 e. The molecule has 2 unspecified atom stereocenters. The summed E-state index contributed by atoms with van der Waals surface area (Å²) in [5, 5.41) is 15.1. The number of halogens is 1. The maximum Gasteiger partial charge on any atom is 0.313 e. The van der Waals surface area contributed by atoms with Gasteiger partial charge in [-0.25, -0.2) is 0 Å². The summed E-state index contributed by atoms with van der Waals surface area (Å²) < 4.78 is 0. The minimum atomic E-state index is -0.742. The van der Waals surface area contributed by atoms with Crippen LogP contribution in [0.15, 0.2) is 24.3 Å². The van der Waals surface area contributed by atoms with Crippen LogP contribution in [0.3, 0.4) is 0 Å². The fraction of sp³-hybridized carbons (Fsp3) is 0.500. The first-order valence-corrected chi connectivity index (χ1v) is 7.97. The molecule has 0 radical (unpaired) electrons. The van der Waals surface area contributed by atoms with Crippen molar-refractivity contribution >= 4 is 29.1 Å². The molecule has 1 aromatic carbocycles. The van der Waals surface area contributed by atoms with E-state index in [0.717, 1.165) is 32.1 Å². The number of anilines is 1. The van der Waals surface area contributed by atoms with Crippen LogP contribution in [0.2, 0.25) is 5.02 Å². The van der Waals surface area contributed by atoms with Crippen LogP contribution in [-0.4, -0.2) is 29.6 Å². The van der Waals surface area contributed by atoms with Gasteiger partial charge in [0, 0.05) is 18.6 Å². The van der Waals surface area contributed by atoms with Gasteiger partial charge >= 0.3 is 11.8 Å². The number of nitrogens with one attached hydrogen (secondary N) is 2. The van der Waals surface area contributed by atoms with E-state index < -0.39 is 11.8 Å². The van der Waals surface area contributed by atoms with Crippen molar-refractivity contribution < 1.29 is 14.7 Å². The molecule has 0 heterocycles. The molecule has 0 saturated heterocycles. The molecule has 2 atom stereocenters. The van der Waals surface area contributed by atoms with E-state index >= 15 is 0 Å². The standard InChI is InChI=1S/C16H21ClN2O3/c17-12-7-4-5-9-14(12)19-16(22)15(21)18-13-8-3-1-2-6-11(13)10-20/h4-5,7,9,11,13,20H,1-3,6,8,10H2,(H,18,21)(H,19,22). The Morgan fingerprint density at radius 3 is 2.59 bits per heavy atom. The Morgan fingerprint density at radius 1 is 1.14 bits per heavy atom. The van der Waals surface area contributed by atoms with E-state index in [1.165, 1.54) is 0 Å². The quantitative estimate of drug-likeness (QED) is 0.590. The number of carbonyl (C=O) groups is 2. The van der Waals surface area contributed by atoms with E-state index in [1.54, 1.807) is 24.3 Å². The summed E-state index contributed by atoms with van der Waals surface area (Å²) in [7, 11) is 0. The number of hydrogen-bond donors (Lipinski definition) is 3. The first-order valence-electron chi connectivity index (χ1n) is 7.59. The SMILES string of the molecule is O=C(Nc1ccccc1Cl)C(=O)NC1CCCCCC1CO. The highest BCUT2D eigenvalue weighted by molar-refractivity contribution is 6.41. The van der Waals surface area contributed by atoms with Crippen molar-refractivity contribution in [2.24, 2.45) is 5.92 Å². The molecule has 0 spiro atoms. The average Bonchev–Trinajstić information content (AvgIpc) is 2.74. The Kier molecular flexibility index (Phi) is 6.21. The number of rotatable bonds is 3. The van der Waals surface area contributed by atoms with Crippen molar-refractivity contribution in [2.75, 3.05) is 11.9 Å². The van der Waals surface area contributed by atoms with Crippen molar-refractivity contribution in [3.63, 3.8) is 0 Å². The van der Waals surface area contributed by atoms with Crippen molar-refractivity contribution in [3.8, 4) is 0 Å². The zero-order valence-corrected chi connectivity index (χ0v) is 13.1. The second kappa shape index (κ2) is 8.15. The third-order valence-electron chi connectivity index (χ3n) is 4.04. The summed E-state index contributed by atoms with van der Waals surface area (Å²) in [6, 6.07) is 6.59. The van der Waals surface area contributed by atoms with Gasteiger partial charge in [-0.05, 0) is 25.0 Å². The molecule has 0 aliphatic heterocycles. The molecule has 0 bridgehead atoms. The number of amides is 2. The molecule has 1 saturated carbocycles. The van der Waals surface area contributed by atoms with E-state index in [9.17, 15) is 14.7 Å². The van der Waals surface area contributed by atoms with Gasteiger partial charge in [0.25, 0.3) is 0 Å². The Morgan fingerprint density at radius 2 is 1.86 bits per heavy atom. The van der Waals surface area contributed by atoms with Gasteiger partial charge in [0.1, 0.15) is 0 Å². The fourth-order valence-electron chi connectivity index (χ4n) is 2.77. The Hall–Kier alpha value is -1.59. The highest BCUT2D eigenvalue weighted by Gasteiger charge is 2.27. The largest absolute Gasteiger partial charge is 0.396 e. The lowest BCUT2D eigenvalue weighted by Crippen LogP contribution is -2.45. The minimum Gasteiger partial charge on any atom is -0.396 e. The van der Waals surface area contributed by atoms with Crippen LogP contribution in [0.5, 0.6) is 0 Å². The van der Waals surface area contributed by atoms with E-state index in [-0.39, 0.29) is 18.6 Å². The van der Waals surface area contributed by atoms with Gasteiger partial charge in [-0.2, -0.15) is 0 Å². The number of hydrogen-bond acceptors (Lipinski definition) is 3. The van der Waals surface area contributed by atoms with E-state index in [4.69, 9.17) is 11.6 Å². The summed E-state index contributed by atoms with van der Waals surface area (Å²) in [5.41, 5.74) is 0.406. The number of benzene rings is 1. The van der Waals surface area contributed by atoms with Gasteiger partial charge in [-0.3, -0.25) is 9.59 Å². The molecular formula is C16H21ClN2O3. The van der Waals surface area contributed by atoms with Crippen molar-refractivity contribution in [2.45, 2.75) is 38.1 Å².